The molecule has 44 heavy (non-hydrogen) atoms. The molecule has 0 aromatic heterocycles. The highest BCUT2D eigenvalue weighted by Gasteiger charge is 2.34. The molecular weight excluding hydrogens is 625 g/mol. The van der Waals surface area contributed by atoms with E-state index in [9.17, 15) is 18.0 Å². The van der Waals surface area contributed by atoms with Crippen LogP contribution >= 0.6 is 23.2 Å². The van der Waals surface area contributed by atoms with E-state index in [-0.39, 0.29) is 36.4 Å². The summed E-state index contributed by atoms with van der Waals surface area (Å²) in [5.74, 6) is -0.310. The molecule has 0 saturated heterocycles. The highest BCUT2D eigenvalue weighted by atomic mass is 35.5. The minimum Gasteiger partial charge on any atom is -0.486 e. The summed E-state index contributed by atoms with van der Waals surface area (Å²) < 4.78 is 39.2. The predicted molar refractivity (Wildman–Crippen MR) is 173 cm³/mol. The van der Waals surface area contributed by atoms with Gasteiger partial charge < -0.3 is 19.7 Å². The van der Waals surface area contributed by atoms with Crippen LogP contribution in [0.15, 0.2) is 66.7 Å². The third kappa shape index (κ3) is 8.37. The molecule has 2 amide bonds. The lowest BCUT2D eigenvalue weighted by Gasteiger charge is -2.34. The number of carbonyl (C=O) groups is 2. The molecule has 0 saturated carbocycles. The monoisotopic (exact) mass is 661 g/mol. The van der Waals surface area contributed by atoms with Gasteiger partial charge in [-0.05, 0) is 55.7 Å². The van der Waals surface area contributed by atoms with E-state index in [4.69, 9.17) is 32.7 Å². The van der Waals surface area contributed by atoms with Crippen LogP contribution in [0.2, 0.25) is 10.0 Å². The number of fused-ring (bicyclic) bond motifs is 1. The first-order chi connectivity index (χ1) is 21.0. The smallest absolute Gasteiger partial charge is 0.244 e. The minimum atomic E-state index is -3.94. The fourth-order valence-corrected chi connectivity index (χ4v) is 6.26. The van der Waals surface area contributed by atoms with Gasteiger partial charge in [0.1, 0.15) is 25.8 Å². The van der Waals surface area contributed by atoms with Crippen molar-refractivity contribution in [2.75, 3.05) is 29.8 Å². The van der Waals surface area contributed by atoms with Crippen LogP contribution < -0.4 is 19.1 Å². The van der Waals surface area contributed by atoms with E-state index in [1.807, 2.05) is 44.2 Å². The fourth-order valence-electron chi connectivity index (χ4n) is 4.74. The lowest BCUT2D eigenvalue weighted by molar-refractivity contribution is -0.140. The van der Waals surface area contributed by atoms with Crippen molar-refractivity contribution in [2.24, 2.45) is 0 Å². The number of nitrogens with one attached hydrogen (secondary N) is 1. The first kappa shape index (κ1) is 33.4. The van der Waals surface area contributed by atoms with Crippen molar-refractivity contribution in [3.8, 4) is 11.5 Å². The van der Waals surface area contributed by atoms with E-state index < -0.39 is 28.5 Å². The van der Waals surface area contributed by atoms with E-state index in [1.54, 1.807) is 36.4 Å². The Morgan fingerprint density at radius 3 is 2.32 bits per heavy atom. The number of sulfonamides is 1. The summed E-state index contributed by atoms with van der Waals surface area (Å²) in [6.45, 7) is 5.44. The molecule has 0 aliphatic carbocycles. The molecule has 12 heteroatoms. The molecule has 1 heterocycles. The number of carbonyl (C=O) groups excluding carboxylic acids is 2. The van der Waals surface area contributed by atoms with Gasteiger partial charge in [0.15, 0.2) is 11.5 Å². The maximum absolute atomic E-state index is 14.4. The zero-order chi connectivity index (χ0) is 31.9. The zero-order valence-electron chi connectivity index (χ0n) is 25.0. The van der Waals surface area contributed by atoms with Gasteiger partial charge >= 0.3 is 0 Å². The van der Waals surface area contributed by atoms with Crippen molar-refractivity contribution in [1.82, 2.24) is 10.2 Å². The topological polar surface area (TPSA) is 105 Å². The first-order valence-electron chi connectivity index (χ1n) is 14.5. The second kappa shape index (κ2) is 15.0. The molecule has 0 radical (unpaired) electrons. The van der Waals surface area contributed by atoms with Crippen LogP contribution in [0, 0.1) is 0 Å². The highest BCUT2D eigenvalue weighted by molar-refractivity contribution is 7.92. The predicted octanol–water partition coefficient (Wildman–Crippen LogP) is 5.48. The van der Waals surface area contributed by atoms with Gasteiger partial charge in [0, 0.05) is 35.1 Å². The Hall–Kier alpha value is -3.47. The summed E-state index contributed by atoms with van der Waals surface area (Å²) in [7, 11) is -3.94. The van der Waals surface area contributed by atoms with Crippen LogP contribution in [-0.4, -0.2) is 62.7 Å². The van der Waals surface area contributed by atoms with E-state index in [0.717, 1.165) is 9.87 Å². The number of halogens is 2. The van der Waals surface area contributed by atoms with Crippen LogP contribution in [0.3, 0.4) is 0 Å². The number of rotatable bonds is 13. The number of hydrogen-bond donors (Lipinski definition) is 1. The van der Waals surface area contributed by atoms with Gasteiger partial charge in [-0.25, -0.2) is 8.42 Å². The number of anilines is 1. The van der Waals surface area contributed by atoms with Crippen molar-refractivity contribution in [2.45, 2.75) is 52.2 Å². The van der Waals surface area contributed by atoms with Crippen molar-refractivity contribution in [3.05, 3.63) is 87.9 Å². The molecule has 9 nitrogen and oxygen atoms in total. The summed E-state index contributed by atoms with van der Waals surface area (Å²) in [5, 5.41) is 3.75. The average Bonchev–Trinajstić information content (AvgIpc) is 3.02. The minimum absolute atomic E-state index is 0.0542. The average molecular weight is 663 g/mol. The van der Waals surface area contributed by atoms with Gasteiger partial charge in [0.05, 0.1) is 11.4 Å². The van der Waals surface area contributed by atoms with E-state index in [0.29, 0.717) is 46.7 Å². The Morgan fingerprint density at radius 2 is 1.66 bits per heavy atom. The second-order valence-electron chi connectivity index (χ2n) is 10.5. The normalized spacial score (nSPS) is 13.9. The SMILES string of the molecule is CC[C@@H](C)NC(=O)[C@H](Cc1ccccc1)N(Cc1ccc(Cl)cc1Cl)C(=O)CN(c1ccc2c(c1)OCCO2)S(=O)(=O)CC. The van der Waals surface area contributed by atoms with Gasteiger partial charge in [-0.3, -0.25) is 13.9 Å². The fraction of sp³-hybridized carbons (Fsp3) is 0.375. The van der Waals surface area contributed by atoms with Crippen LogP contribution in [0.5, 0.6) is 11.5 Å². The lowest BCUT2D eigenvalue weighted by atomic mass is 10.0. The number of benzene rings is 3. The molecule has 3 aromatic rings. The Balaban J connectivity index is 1.77. The molecule has 236 valence electrons. The van der Waals surface area contributed by atoms with E-state index in [1.165, 1.54) is 11.8 Å². The van der Waals surface area contributed by atoms with Gasteiger partial charge in [-0.1, -0.05) is 66.5 Å². The number of amides is 2. The van der Waals surface area contributed by atoms with Gasteiger partial charge in [0.2, 0.25) is 21.8 Å². The largest absolute Gasteiger partial charge is 0.486 e. The van der Waals surface area contributed by atoms with E-state index in [2.05, 4.69) is 5.32 Å². The molecule has 0 fully saturated rings. The maximum Gasteiger partial charge on any atom is 0.244 e. The summed E-state index contributed by atoms with van der Waals surface area (Å²) in [6.07, 6.45) is 0.887. The molecule has 1 aliphatic rings. The zero-order valence-corrected chi connectivity index (χ0v) is 27.3. The summed E-state index contributed by atoms with van der Waals surface area (Å²) in [6, 6.07) is 17.9. The maximum atomic E-state index is 14.4. The highest BCUT2D eigenvalue weighted by Crippen LogP contribution is 2.35. The molecule has 3 aromatic carbocycles. The molecule has 0 spiro atoms. The Morgan fingerprint density at radius 1 is 0.955 bits per heavy atom. The standard InChI is InChI=1S/C32H37Cl2N3O6S/c1-4-22(3)35-32(39)28(17-23-9-7-6-8-10-23)36(20-24-11-12-25(33)18-27(24)34)31(38)21-37(44(40,41)5-2)26-13-14-29-30(19-26)43-16-15-42-29/h6-14,18-19,22,28H,4-5,15-17,20-21H2,1-3H3,(H,35,39)/t22-,28+/m1/s1. The van der Waals surface area contributed by atoms with Gasteiger partial charge in [0.25, 0.3) is 0 Å². The number of hydrogen-bond acceptors (Lipinski definition) is 6. The van der Waals surface area contributed by atoms with E-state index >= 15 is 0 Å². The van der Waals surface area contributed by atoms with Crippen LogP contribution in [0.25, 0.3) is 0 Å². The number of nitrogens with zero attached hydrogens (tertiary/aromatic N) is 2. The third-order valence-corrected chi connectivity index (χ3v) is 9.75. The molecule has 2 atom stereocenters. The second-order valence-corrected chi connectivity index (χ2v) is 13.5. The van der Waals surface area contributed by atoms with Gasteiger partial charge in [-0.15, -0.1) is 0 Å². The Labute approximate surface area is 269 Å². The Kier molecular flexibility index (Phi) is 11.4. The van der Waals surface area contributed by atoms with Gasteiger partial charge in [-0.2, -0.15) is 0 Å². The third-order valence-electron chi connectivity index (χ3n) is 7.42. The van der Waals surface area contributed by atoms with Crippen molar-refractivity contribution in [3.63, 3.8) is 0 Å². The van der Waals surface area contributed by atoms with Crippen molar-refractivity contribution >= 4 is 50.7 Å². The molecular formula is C32H37Cl2N3O6S. The van der Waals surface area contributed by atoms with Crippen LogP contribution in [0.4, 0.5) is 5.69 Å². The molecule has 1 N–H and O–H groups in total. The molecule has 0 unspecified atom stereocenters. The first-order valence-corrected chi connectivity index (χ1v) is 16.9. The van der Waals surface area contributed by atoms with Crippen molar-refractivity contribution < 1.29 is 27.5 Å². The summed E-state index contributed by atoms with van der Waals surface area (Å²) >= 11 is 12.7. The lowest BCUT2D eigenvalue weighted by Crippen LogP contribution is -2.54. The van der Waals surface area contributed by atoms with Crippen LogP contribution in [-0.2, 0) is 32.6 Å². The molecule has 0 bridgehead atoms. The quantitative estimate of drug-likeness (QED) is 0.260. The Bertz CT molecular complexity index is 1570. The summed E-state index contributed by atoms with van der Waals surface area (Å²) in [5.41, 5.74) is 1.64. The molecule has 4 rings (SSSR count). The summed E-state index contributed by atoms with van der Waals surface area (Å²) in [4.78, 5) is 29.6. The van der Waals surface area contributed by atoms with Crippen LogP contribution in [0.1, 0.15) is 38.3 Å². The molecule has 1 aliphatic heterocycles. The van der Waals surface area contributed by atoms with Crippen molar-refractivity contribution in [1.29, 1.82) is 0 Å². The number of ether oxygens (including phenoxy) is 2.